The third-order valence-electron chi connectivity index (χ3n) is 6.60. The van der Waals surface area contributed by atoms with Crippen molar-refractivity contribution in [2.75, 3.05) is 6.54 Å². The van der Waals surface area contributed by atoms with Crippen LogP contribution in [-0.4, -0.2) is 45.4 Å². The van der Waals surface area contributed by atoms with Gasteiger partial charge >= 0.3 is 5.97 Å². The van der Waals surface area contributed by atoms with E-state index in [-0.39, 0.29) is 25.5 Å². The average molecular weight is 488 g/mol. The second-order valence-corrected chi connectivity index (χ2v) is 9.96. The fourth-order valence-corrected chi connectivity index (χ4v) is 6.42. The van der Waals surface area contributed by atoms with E-state index in [1.807, 2.05) is 41.0 Å². The van der Waals surface area contributed by atoms with Crippen LogP contribution in [0, 0.1) is 17.2 Å². The molecular weight excluding hydrogens is 466 g/mol. The molecule has 0 unspecified atom stereocenters. The second-order valence-electron chi connectivity index (χ2n) is 8.29. The van der Waals surface area contributed by atoms with Crippen LogP contribution in [0.5, 0.6) is 0 Å². The molecule has 1 aliphatic carbocycles. The maximum atomic E-state index is 13.3. The van der Waals surface area contributed by atoms with Crippen LogP contribution in [0.3, 0.4) is 0 Å². The molecule has 1 saturated carbocycles. The number of rotatable bonds is 5. The number of aliphatic carboxylic acids is 1. The summed E-state index contributed by atoms with van der Waals surface area (Å²) in [5.74, 6) is -1.47. The predicted molar refractivity (Wildman–Crippen MR) is 123 cm³/mol. The van der Waals surface area contributed by atoms with Crippen molar-refractivity contribution in [3.8, 4) is 6.07 Å². The third kappa shape index (κ3) is 3.57. The Kier molecular flexibility index (Phi) is 5.70. The molecule has 1 fully saturated rings. The van der Waals surface area contributed by atoms with Gasteiger partial charge in [0, 0.05) is 19.0 Å². The number of fused-ring (bicyclic) bond motifs is 3. The summed E-state index contributed by atoms with van der Waals surface area (Å²) in [6.07, 6.45) is 0. The summed E-state index contributed by atoms with van der Waals surface area (Å²) in [5, 5.41) is 19.1. The molecule has 0 saturated heterocycles. The first kappa shape index (κ1) is 23.2. The number of imidazole rings is 1. The first-order valence-electron chi connectivity index (χ1n) is 10.2. The number of benzene rings is 2. The molecule has 0 amide bonds. The molecule has 9 nitrogen and oxygen atoms in total. The highest BCUT2D eigenvalue weighted by Crippen LogP contribution is 2.58. The first-order valence-corrected chi connectivity index (χ1v) is 11.7. The van der Waals surface area contributed by atoms with Crippen LogP contribution in [-0.2, 0) is 28.1 Å². The predicted octanol–water partition coefficient (Wildman–Crippen LogP) is 2.24. The van der Waals surface area contributed by atoms with Gasteiger partial charge in [-0.1, -0.05) is 37.3 Å². The molecule has 2 aliphatic rings. The normalized spacial score (nSPS) is 24.5. The maximum absolute atomic E-state index is 13.3. The van der Waals surface area contributed by atoms with Crippen molar-refractivity contribution in [1.82, 2.24) is 18.6 Å². The van der Waals surface area contributed by atoms with Crippen molar-refractivity contribution in [3.63, 3.8) is 0 Å². The molecule has 3 atom stereocenters. The van der Waals surface area contributed by atoms with E-state index in [1.165, 1.54) is 4.31 Å². The lowest BCUT2D eigenvalue weighted by Crippen LogP contribution is -2.53. The summed E-state index contributed by atoms with van der Waals surface area (Å²) in [6, 6.07) is 16.4. The van der Waals surface area contributed by atoms with Gasteiger partial charge in [-0.15, -0.1) is 12.4 Å². The van der Waals surface area contributed by atoms with Crippen molar-refractivity contribution in [3.05, 3.63) is 65.5 Å². The molecule has 1 aliphatic heterocycles. The maximum Gasteiger partial charge on any atom is 0.325 e. The van der Waals surface area contributed by atoms with Gasteiger partial charge in [0.25, 0.3) is 10.2 Å². The number of carboxylic acid groups (broad SMARTS) is 1. The minimum atomic E-state index is -4.09. The zero-order chi connectivity index (χ0) is 22.7. The molecule has 0 bridgehead atoms. The minimum Gasteiger partial charge on any atom is -0.480 e. The lowest BCUT2D eigenvalue weighted by Gasteiger charge is -2.29. The Bertz CT molecular complexity index is 1390. The highest BCUT2D eigenvalue weighted by molar-refractivity contribution is 7.87. The van der Waals surface area contributed by atoms with Crippen LogP contribution in [0.15, 0.2) is 48.5 Å². The summed E-state index contributed by atoms with van der Waals surface area (Å²) < 4.78 is 32.2. The number of nitriles is 1. The largest absolute Gasteiger partial charge is 0.480 e. The lowest BCUT2D eigenvalue weighted by atomic mass is 10.1. The molecule has 0 radical (unpaired) electrons. The zero-order valence-corrected chi connectivity index (χ0v) is 19.3. The van der Waals surface area contributed by atoms with E-state index in [1.54, 1.807) is 19.1 Å². The Morgan fingerprint density at radius 3 is 2.64 bits per heavy atom. The molecule has 1 aromatic heterocycles. The van der Waals surface area contributed by atoms with Crippen molar-refractivity contribution in [2.45, 2.75) is 31.5 Å². The summed E-state index contributed by atoms with van der Waals surface area (Å²) in [4.78, 5) is 16.7. The number of carbonyl (C=O) groups is 1. The minimum absolute atomic E-state index is 0. The Hall–Kier alpha value is -2.97. The van der Waals surface area contributed by atoms with Crippen LogP contribution < -0.4 is 4.72 Å². The van der Waals surface area contributed by atoms with Crippen molar-refractivity contribution in [1.29, 1.82) is 5.26 Å². The molecule has 2 heterocycles. The fourth-order valence-electron chi connectivity index (χ4n) is 4.85. The van der Waals surface area contributed by atoms with Gasteiger partial charge in [0.1, 0.15) is 11.4 Å². The van der Waals surface area contributed by atoms with Gasteiger partial charge in [-0.2, -0.15) is 22.7 Å². The van der Waals surface area contributed by atoms with Crippen LogP contribution in [0.25, 0.3) is 11.0 Å². The van der Waals surface area contributed by atoms with Crippen LogP contribution in [0.2, 0.25) is 0 Å². The quantitative estimate of drug-likeness (QED) is 0.568. The summed E-state index contributed by atoms with van der Waals surface area (Å²) >= 11 is 0. The topological polar surface area (TPSA) is 128 Å². The molecule has 2 aromatic carbocycles. The van der Waals surface area contributed by atoms with Gasteiger partial charge < -0.3 is 9.67 Å². The summed E-state index contributed by atoms with van der Waals surface area (Å²) in [7, 11) is -4.09. The van der Waals surface area contributed by atoms with Crippen LogP contribution >= 0.6 is 12.4 Å². The molecule has 3 aromatic rings. The van der Waals surface area contributed by atoms with Gasteiger partial charge in [0.15, 0.2) is 0 Å². The Labute approximate surface area is 197 Å². The molecule has 33 heavy (non-hydrogen) atoms. The number of halogens is 1. The van der Waals surface area contributed by atoms with E-state index < -0.39 is 33.6 Å². The lowest BCUT2D eigenvalue weighted by molar-refractivity contribution is -0.140. The number of hydrogen-bond donors (Lipinski definition) is 2. The SMILES string of the molecule is C[C@@H]1[C@H](c2ccccc2)[C@]1(NS(=O)(=O)N1CCn2c(nc3cc(C#N)ccc32)C1)C(=O)O.Cl. The Morgan fingerprint density at radius 1 is 1.24 bits per heavy atom. The van der Waals surface area contributed by atoms with E-state index in [0.717, 1.165) is 11.1 Å². The van der Waals surface area contributed by atoms with Crippen molar-refractivity contribution < 1.29 is 18.3 Å². The standard InChI is InChI=1S/C22H21N5O4S.ClH/c1-14-20(16-5-3-2-4-6-16)22(14,21(28)29)25-32(30,31)26-9-10-27-18-8-7-15(12-23)11-17(18)24-19(27)13-26;/h2-8,11,14,20,25H,9-10,13H2,1H3,(H,28,29);1H/t14-,20-,22+;/m1./s1. The fraction of sp³-hybridized carbons (Fsp3) is 0.318. The number of carboxylic acids is 1. The first-order chi connectivity index (χ1) is 15.3. The number of hydrogen-bond acceptors (Lipinski definition) is 5. The van der Waals surface area contributed by atoms with E-state index in [0.29, 0.717) is 23.4 Å². The van der Waals surface area contributed by atoms with E-state index in [9.17, 15) is 18.3 Å². The zero-order valence-electron chi connectivity index (χ0n) is 17.7. The average Bonchev–Trinajstić information content (AvgIpc) is 3.20. The van der Waals surface area contributed by atoms with E-state index in [4.69, 9.17) is 5.26 Å². The molecular formula is C22H22ClN5O4S. The van der Waals surface area contributed by atoms with Gasteiger partial charge in [-0.05, 0) is 29.7 Å². The molecule has 0 spiro atoms. The van der Waals surface area contributed by atoms with Crippen LogP contribution in [0.1, 0.15) is 29.8 Å². The highest BCUT2D eigenvalue weighted by Gasteiger charge is 2.70. The molecule has 2 N–H and O–H groups in total. The van der Waals surface area contributed by atoms with Gasteiger partial charge in [-0.3, -0.25) is 4.79 Å². The monoisotopic (exact) mass is 487 g/mol. The molecule has 11 heteroatoms. The highest BCUT2D eigenvalue weighted by atomic mass is 35.5. The van der Waals surface area contributed by atoms with Gasteiger partial charge in [-0.25, -0.2) is 4.98 Å². The smallest absolute Gasteiger partial charge is 0.325 e. The summed E-state index contributed by atoms with van der Waals surface area (Å²) in [6.45, 7) is 2.34. The van der Waals surface area contributed by atoms with E-state index in [2.05, 4.69) is 15.8 Å². The van der Waals surface area contributed by atoms with E-state index >= 15 is 0 Å². The Balaban J connectivity index is 0.00000259. The van der Waals surface area contributed by atoms with Gasteiger partial charge in [0.05, 0.1) is 29.2 Å². The number of nitrogens with zero attached hydrogens (tertiary/aromatic N) is 4. The second kappa shape index (κ2) is 8.11. The third-order valence-corrected chi connectivity index (χ3v) is 8.18. The number of aromatic nitrogens is 2. The van der Waals surface area contributed by atoms with Gasteiger partial charge in [0.2, 0.25) is 0 Å². The molecule has 5 rings (SSSR count). The Morgan fingerprint density at radius 2 is 1.97 bits per heavy atom. The molecule has 172 valence electrons. The van der Waals surface area contributed by atoms with Crippen molar-refractivity contribution in [2.24, 2.45) is 5.92 Å². The summed E-state index contributed by atoms with van der Waals surface area (Å²) in [5.41, 5.74) is 1.16. The number of nitrogens with one attached hydrogen (secondary N) is 1. The van der Waals surface area contributed by atoms with Crippen LogP contribution in [0.4, 0.5) is 0 Å². The van der Waals surface area contributed by atoms with Crippen molar-refractivity contribution >= 4 is 39.6 Å².